The third-order valence-electron chi connectivity index (χ3n) is 13.5. The molecule has 0 spiro atoms. The molecule has 0 amide bonds. The second kappa shape index (κ2) is 22.8. The van der Waals surface area contributed by atoms with Crippen LogP contribution in [-0.2, 0) is 53.3 Å². The lowest BCUT2D eigenvalue weighted by Crippen LogP contribution is -2.31. The van der Waals surface area contributed by atoms with E-state index >= 15 is 0 Å². The Balaban J connectivity index is 1.11. The molecule has 0 aromatic heterocycles. The summed E-state index contributed by atoms with van der Waals surface area (Å²) < 4.78 is 144. The first-order valence-electron chi connectivity index (χ1n) is 24.9. The Morgan fingerprint density at radius 3 is 1.18 bits per heavy atom. The summed E-state index contributed by atoms with van der Waals surface area (Å²) in [7, 11) is -21.2. The fourth-order valence-electron chi connectivity index (χ4n) is 9.66. The summed E-state index contributed by atoms with van der Waals surface area (Å²) in [6, 6.07) is 20.6. The van der Waals surface area contributed by atoms with E-state index in [1.54, 1.807) is 0 Å². The van der Waals surface area contributed by atoms with Gasteiger partial charge in [-0.1, -0.05) is 48.5 Å². The maximum absolute atomic E-state index is 14.2. The summed E-state index contributed by atoms with van der Waals surface area (Å²) in [5.41, 5.74) is -7.20. The van der Waals surface area contributed by atoms with Gasteiger partial charge in [-0.15, -0.1) is 0 Å². The Kier molecular flexibility index (Phi) is 15.7. The van der Waals surface area contributed by atoms with Crippen molar-refractivity contribution in [2.45, 2.75) is 56.8 Å². The normalized spacial score (nSPS) is 16.5. The molecule has 0 saturated heterocycles. The number of phenols is 2. The number of nitro benzene ring substituents is 4. The summed E-state index contributed by atoms with van der Waals surface area (Å²) in [6.45, 7) is 0. The number of aliphatic hydroxyl groups is 2. The van der Waals surface area contributed by atoms with Gasteiger partial charge in [-0.2, -0.15) is 33.7 Å². The molecule has 0 fully saturated rings. The van der Waals surface area contributed by atoms with Crippen molar-refractivity contribution in [1.29, 1.82) is 0 Å². The van der Waals surface area contributed by atoms with Crippen molar-refractivity contribution < 1.29 is 105 Å². The van der Waals surface area contributed by atoms with Gasteiger partial charge >= 0.3 is 40.5 Å². The van der Waals surface area contributed by atoms with Crippen LogP contribution in [0.3, 0.4) is 0 Å². The molecule has 36 heteroatoms. The topological polar surface area (TPSA) is 483 Å². The number of nitro groups is 4. The van der Waals surface area contributed by atoms with Crippen LogP contribution in [0, 0.1) is 40.5 Å². The van der Waals surface area contributed by atoms with Gasteiger partial charge in [0.2, 0.25) is 5.43 Å². The van der Waals surface area contributed by atoms with E-state index in [0.717, 1.165) is 121 Å². The van der Waals surface area contributed by atoms with Crippen LogP contribution in [0.4, 0.5) is 22.7 Å². The van der Waals surface area contributed by atoms with E-state index in [9.17, 15) is 104 Å². The Hall–Kier alpha value is -10.8. The van der Waals surface area contributed by atoms with Crippen LogP contribution < -0.4 is 31.6 Å². The first-order valence-corrected chi connectivity index (χ1v) is 30.5. The van der Waals surface area contributed by atoms with Crippen LogP contribution in [0.5, 0.6) is 51.7 Å². The largest absolute Gasteiger partial charge is 0.504 e. The van der Waals surface area contributed by atoms with Crippen molar-refractivity contribution in [2.75, 3.05) is 0 Å². The van der Waals surface area contributed by atoms with E-state index in [1.807, 2.05) is 0 Å². The van der Waals surface area contributed by atoms with Crippen LogP contribution >= 0.6 is 0 Å². The minimum Gasteiger partial charge on any atom is -0.504 e. The average Bonchev–Trinajstić information content (AvgIpc) is 2.01. The van der Waals surface area contributed by atoms with Crippen molar-refractivity contribution in [3.05, 3.63) is 212 Å². The van der Waals surface area contributed by atoms with Crippen LogP contribution in [0.2, 0.25) is 0 Å². The fourth-order valence-corrected chi connectivity index (χ4v) is 14.1. The summed E-state index contributed by atoms with van der Waals surface area (Å²) in [6.07, 6.45) is -9.46. The first kappa shape index (κ1) is 61.3. The predicted octanol–water partition coefficient (Wildman–Crippen LogP) is 6.09. The van der Waals surface area contributed by atoms with Gasteiger partial charge in [-0.25, -0.2) is 0 Å². The van der Waals surface area contributed by atoms with Gasteiger partial charge in [-0.05, 0) is 53.4 Å². The van der Waals surface area contributed by atoms with Gasteiger partial charge in [0, 0.05) is 78.1 Å². The molecular weight excluding hydrogens is 1270 g/mol. The summed E-state index contributed by atoms with van der Waals surface area (Å²) in [5, 5.41) is 104. The lowest BCUT2D eigenvalue weighted by molar-refractivity contribution is -0.388. The number of fused-ring (bicyclic) bond motifs is 3. The number of para-hydroxylation sites is 4. The highest BCUT2D eigenvalue weighted by molar-refractivity contribution is 7.88. The lowest BCUT2D eigenvalue weighted by Gasteiger charge is -2.33. The minimum atomic E-state index is -5.32. The Morgan fingerprint density at radius 1 is 0.449 bits per heavy atom. The van der Waals surface area contributed by atoms with E-state index < -0.39 is 230 Å². The zero-order chi connectivity index (χ0) is 64.4. The Morgan fingerprint density at radius 2 is 0.798 bits per heavy atom. The van der Waals surface area contributed by atoms with Crippen molar-refractivity contribution in [2.24, 2.45) is 0 Å². The molecule has 32 nitrogen and oxygen atoms in total. The van der Waals surface area contributed by atoms with Crippen LogP contribution in [-0.4, -0.2) is 91.1 Å². The molecule has 2 aliphatic rings. The molecule has 460 valence electrons. The van der Waals surface area contributed by atoms with E-state index in [1.165, 1.54) is 0 Å². The number of hydrogen-bond acceptors (Lipinski definition) is 28. The number of ether oxygens (including phenoxy) is 2. The molecule has 89 heavy (non-hydrogen) atoms. The number of benzene rings is 7. The second-order valence-corrected chi connectivity index (χ2v) is 25.1. The highest BCUT2D eigenvalue weighted by atomic mass is 32.2. The molecule has 0 saturated carbocycles. The van der Waals surface area contributed by atoms with Gasteiger partial charge < -0.3 is 51.7 Å². The molecule has 5 N–H and O–H groups in total. The molecule has 0 unspecified atom stereocenters. The standard InChI is InChI=1S/C53H36N4O28S4/c58-37-18-26(52-39(60)24-31-41(80-52)19-27(82-86(72,73)45-13-5-1-9-33(45)54(64)65)21-43(31)84-88(76,77)47-15-7-3-11-35(47)56(68)69)17-29-30(23-38(59)51(63)49(29)50(37)62)53-40(61)25-32-42(81-53)20-28(83-87(74,75)46-14-6-2-10-34(46)55(66)67)22-44(32)85-89(78,79)48-16-8-4-12-36(48)57(70)71/h1-23,39-40,52-53,59-61,63H,24-25H2,(H,58,62)/t39-,40-,52-,53-/m1/s1. The second-order valence-electron chi connectivity index (χ2n) is 19.1. The zero-order valence-electron chi connectivity index (χ0n) is 44.1. The van der Waals surface area contributed by atoms with Crippen molar-refractivity contribution in [3.63, 3.8) is 0 Å². The molecule has 2 aliphatic heterocycles. The minimum absolute atomic E-state index is 0.415. The lowest BCUT2D eigenvalue weighted by atomic mass is 9.90. The molecular formula is C53H36N4O28S4. The highest BCUT2D eigenvalue weighted by Crippen LogP contribution is 2.50. The Bertz CT molecular complexity index is 4920. The monoisotopic (exact) mass is 1300 g/mol. The molecule has 0 aliphatic carbocycles. The molecule has 8 aromatic rings. The quantitative estimate of drug-likeness (QED) is 0.0280. The predicted molar refractivity (Wildman–Crippen MR) is 298 cm³/mol. The van der Waals surface area contributed by atoms with Gasteiger partial charge in [-0.3, -0.25) is 45.3 Å². The van der Waals surface area contributed by atoms with E-state index in [-0.39, 0.29) is 0 Å². The summed E-state index contributed by atoms with van der Waals surface area (Å²) in [5.74, 6) is -8.47. The van der Waals surface area contributed by atoms with Crippen LogP contribution in [0.1, 0.15) is 34.5 Å². The number of phenolic OH excluding ortho intramolecular Hbond substituents is 2. The first-order chi connectivity index (χ1) is 41.9. The van der Waals surface area contributed by atoms with E-state index in [0.29, 0.717) is 18.2 Å². The van der Waals surface area contributed by atoms with Gasteiger partial charge in [0.05, 0.1) is 37.3 Å². The van der Waals surface area contributed by atoms with Crippen molar-refractivity contribution >= 4 is 74.0 Å². The Labute approximate surface area is 497 Å². The van der Waals surface area contributed by atoms with Crippen LogP contribution in [0.25, 0.3) is 10.8 Å². The summed E-state index contributed by atoms with van der Waals surface area (Å²) >= 11 is 0. The number of hydrogen-bond donors (Lipinski definition) is 5. The molecule has 0 radical (unpaired) electrons. The van der Waals surface area contributed by atoms with Crippen LogP contribution in [0.15, 0.2) is 164 Å². The number of rotatable bonds is 18. The third kappa shape index (κ3) is 11.7. The third-order valence-corrected chi connectivity index (χ3v) is 18.7. The van der Waals surface area contributed by atoms with E-state index in [2.05, 4.69) is 0 Å². The van der Waals surface area contributed by atoms with E-state index in [4.69, 9.17) is 26.2 Å². The molecule has 2 heterocycles. The zero-order valence-corrected chi connectivity index (χ0v) is 47.3. The maximum Gasteiger partial charge on any atom is 0.346 e. The molecule has 0 bridgehead atoms. The number of aliphatic hydroxyl groups excluding tert-OH is 2. The SMILES string of the molecule is O=c1c(O)cc([C@H]2Oc3cc(OS(=O)(=O)c4ccccc4[N+](=O)[O-])cc(OS(=O)(=O)c4ccccc4[N+](=O)[O-])c3C[C@H]2O)cc2c([C@H]3Oc4cc(OS(=O)(=O)c5ccccc5[N+](=O)[O-])cc(OS(=O)(=O)c5ccccc5[N+](=O)[O-])c4C[C@H]3O)cc(O)c(O)c12. The average molecular weight is 1310 g/mol. The summed E-state index contributed by atoms with van der Waals surface area (Å²) in [4.78, 5) is 53.5. The van der Waals surface area contributed by atoms with Gasteiger partial charge in [0.1, 0.15) is 29.1 Å². The molecule has 4 atom stereocenters. The van der Waals surface area contributed by atoms with Crippen molar-refractivity contribution in [3.8, 4) is 51.7 Å². The highest BCUT2D eigenvalue weighted by Gasteiger charge is 2.41. The van der Waals surface area contributed by atoms with Crippen molar-refractivity contribution in [1.82, 2.24) is 0 Å². The van der Waals surface area contributed by atoms with Gasteiger partial charge in [0.25, 0.3) is 22.7 Å². The van der Waals surface area contributed by atoms with Gasteiger partial charge in [0.15, 0.2) is 54.4 Å². The fraction of sp³-hybridized carbons (Fsp3) is 0.113. The number of nitrogens with zero attached hydrogens (tertiary/aromatic N) is 4. The maximum atomic E-state index is 14.2. The molecule has 8 aromatic carbocycles. The smallest absolute Gasteiger partial charge is 0.346 e. The molecule has 10 rings (SSSR count). The number of aromatic hydroxyl groups is 3.